The number of benzene rings is 11. The molecular formula is C62H42N2. The molecule has 11 aromatic carbocycles. The Hall–Kier alpha value is -8.46. The molecular weight excluding hydrogens is 773 g/mol. The van der Waals surface area contributed by atoms with E-state index in [9.17, 15) is 0 Å². The average Bonchev–Trinajstić information content (AvgIpc) is 3.71. The molecule has 1 heterocycles. The SMILES string of the molecule is c1ccc(-c2cccc3cccc(-c4ccc(N(c5ccc(-c6cccc(-c7cccc8ccccc78)c6)cc5)c5cccc(-n6c7ccccc7c7ccccc76)c5)cc4)c23)cc1. The third-order valence-corrected chi connectivity index (χ3v) is 12.8. The lowest BCUT2D eigenvalue weighted by Crippen LogP contribution is -2.10. The molecule has 0 fully saturated rings. The maximum atomic E-state index is 2.40. The quantitative estimate of drug-likeness (QED) is 0.148. The van der Waals surface area contributed by atoms with Gasteiger partial charge in [-0.1, -0.05) is 194 Å². The Morgan fingerprint density at radius 3 is 1.44 bits per heavy atom. The largest absolute Gasteiger partial charge is 0.310 e. The zero-order valence-corrected chi connectivity index (χ0v) is 35.1. The van der Waals surface area contributed by atoms with Gasteiger partial charge in [-0.15, -0.1) is 0 Å². The van der Waals surface area contributed by atoms with E-state index in [4.69, 9.17) is 0 Å². The molecule has 0 saturated carbocycles. The van der Waals surface area contributed by atoms with Gasteiger partial charge in [-0.3, -0.25) is 0 Å². The number of hydrogen-bond acceptors (Lipinski definition) is 1. The highest BCUT2D eigenvalue weighted by Gasteiger charge is 2.18. The highest BCUT2D eigenvalue weighted by Crippen LogP contribution is 2.42. The third-order valence-electron chi connectivity index (χ3n) is 12.8. The van der Waals surface area contributed by atoms with Crippen molar-refractivity contribution in [3.8, 4) is 50.2 Å². The Morgan fingerprint density at radius 1 is 0.266 bits per heavy atom. The van der Waals surface area contributed by atoms with E-state index in [-0.39, 0.29) is 0 Å². The summed E-state index contributed by atoms with van der Waals surface area (Å²) in [6.07, 6.45) is 0. The van der Waals surface area contributed by atoms with Crippen LogP contribution >= 0.6 is 0 Å². The summed E-state index contributed by atoms with van der Waals surface area (Å²) in [6, 6.07) is 92.6. The minimum atomic E-state index is 1.08. The van der Waals surface area contributed by atoms with E-state index in [2.05, 4.69) is 264 Å². The second-order valence-corrected chi connectivity index (χ2v) is 16.5. The minimum Gasteiger partial charge on any atom is -0.310 e. The molecule has 0 aliphatic carbocycles. The van der Waals surface area contributed by atoms with E-state index in [1.807, 2.05) is 0 Å². The molecule has 0 radical (unpaired) electrons. The number of aromatic nitrogens is 1. The van der Waals surface area contributed by atoms with E-state index >= 15 is 0 Å². The molecule has 0 aliphatic heterocycles. The molecule has 0 amide bonds. The number of nitrogens with zero attached hydrogens (tertiary/aromatic N) is 2. The molecule has 300 valence electrons. The molecule has 64 heavy (non-hydrogen) atoms. The van der Waals surface area contributed by atoms with Crippen molar-refractivity contribution in [1.29, 1.82) is 0 Å². The van der Waals surface area contributed by atoms with Crippen molar-refractivity contribution in [2.45, 2.75) is 0 Å². The summed E-state index contributed by atoms with van der Waals surface area (Å²) in [5.41, 5.74) is 16.4. The Labute approximate surface area is 373 Å². The van der Waals surface area contributed by atoms with Gasteiger partial charge in [-0.25, -0.2) is 0 Å². The first-order valence-electron chi connectivity index (χ1n) is 22.0. The number of para-hydroxylation sites is 2. The Morgan fingerprint density at radius 2 is 0.750 bits per heavy atom. The van der Waals surface area contributed by atoms with Crippen LogP contribution < -0.4 is 4.90 Å². The van der Waals surface area contributed by atoms with E-state index in [0.717, 1.165) is 22.7 Å². The molecule has 2 heteroatoms. The van der Waals surface area contributed by atoms with Crippen LogP contribution in [0.4, 0.5) is 17.1 Å². The summed E-state index contributed by atoms with van der Waals surface area (Å²) in [6.45, 7) is 0. The van der Waals surface area contributed by atoms with Gasteiger partial charge in [0.25, 0.3) is 0 Å². The zero-order chi connectivity index (χ0) is 42.4. The molecule has 12 rings (SSSR count). The molecule has 1 aromatic heterocycles. The van der Waals surface area contributed by atoms with Crippen LogP contribution in [0.1, 0.15) is 0 Å². The van der Waals surface area contributed by atoms with Crippen molar-refractivity contribution in [1.82, 2.24) is 4.57 Å². The van der Waals surface area contributed by atoms with E-state index in [1.54, 1.807) is 0 Å². The van der Waals surface area contributed by atoms with Crippen LogP contribution in [0.2, 0.25) is 0 Å². The fraction of sp³-hybridized carbons (Fsp3) is 0. The van der Waals surface area contributed by atoms with Gasteiger partial charge in [-0.2, -0.15) is 0 Å². The number of rotatable bonds is 8. The smallest absolute Gasteiger partial charge is 0.0541 e. The van der Waals surface area contributed by atoms with Crippen molar-refractivity contribution in [2.24, 2.45) is 0 Å². The van der Waals surface area contributed by atoms with Gasteiger partial charge in [0, 0.05) is 33.5 Å². The highest BCUT2D eigenvalue weighted by molar-refractivity contribution is 6.09. The molecule has 0 atom stereocenters. The van der Waals surface area contributed by atoms with Crippen LogP contribution in [-0.2, 0) is 0 Å². The van der Waals surface area contributed by atoms with Crippen molar-refractivity contribution in [3.05, 3.63) is 255 Å². The predicted octanol–water partition coefficient (Wildman–Crippen LogP) is 17.2. The number of fused-ring (bicyclic) bond motifs is 5. The van der Waals surface area contributed by atoms with Crippen molar-refractivity contribution < 1.29 is 0 Å². The van der Waals surface area contributed by atoms with Gasteiger partial charge >= 0.3 is 0 Å². The first kappa shape index (κ1) is 37.3. The predicted molar refractivity (Wildman–Crippen MR) is 272 cm³/mol. The van der Waals surface area contributed by atoms with Crippen LogP contribution in [0.15, 0.2) is 255 Å². The lowest BCUT2D eigenvalue weighted by Gasteiger charge is -2.27. The molecule has 2 nitrogen and oxygen atoms in total. The van der Waals surface area contributed by atoms with Gasteiger partial charge in [0.05, 0.1) is 11.0 Å². The number of anilines is 3. The maximum Gasteiger partial charge on any atom is 0.0541 e. The maximum absolute atomic E-state index is 2.40. The highest BCUT2D eigenvalue weighted by atomic mass is 15.1. The van der Waals surface area contributed by atoms with Crippen molar-refractivity contribution >= 4 is 60.4 Å². The summed E-state index contributed by atoms with van der Waals surface area (Å²) < 4.78 is 2.40. The van der Waals surface area contributed by atoms with Crippen LogP contribution in [-0.4, -0.2) is 4.57 Å². The molecule has 0 N–H and O–H groups in total. The van der Waals surface area contributed by atoms with Gasteiger partial charge in [0.15, 0.2) is 0 Å². The average molecular weight is 815 g/mol. The lowest BCUT2D eigenvalue weighted by molar-refractivity contribution is 1.17. The van der Waals surface area contributed by atoms with Gasteiger partial charge in [0.2, 0.25) is 0 Å². The summed E-state index contributed by atoms with van der Waals surface area (Å²) in [5, 5.41) is 7.51. The summed E-state index contributed by atoms with van der Waals surface area (Å²) in [5.74, 6) is 0. The Balaban J connectivity index is 0.975. The van der Waals surface area contributed by atoms with Crippen LogP contribution in [0, 0.1) is 0 Å². The summed E-state index contributed by atoms with van der Waals surface area (Å²) >= 11 is 0. The summed E-state index contributed by atoms with van der Waals surface area (Å²) in [7, 11) is 0. The van der Waals surface area contributed by atoms with Crippen LogP contribution in [0.25, 0.3) is 93.5 Å². The van der Waals surface area contributed by atoms with Crippen molar-refractivity contribution in [2.75, 3.05) is 4.90 Å². The second kappa shape index (κ2) is 15.8. The first-order chi connectivity index (χ1) is 31.7. The summed E-state index contributed by atoms with van der Waals surface area (Å²) in [4.78, 5) is 2.38. The zero-order valence-electron chi connectivity index (χ0n) is 35.1. The lowest BCUT2D eigenvalue weighted by atomic mass is 9.91. The Kier molecular flexibility index (Phi) is 9.20. The normalized spacial score (nSPS) is 11.4. The molecule has 12 aromatic rings. The van der Waals surface area contributed by atoms with E-state index < -0.39 is 0 Å². The third kappa shape index (κ3) is 6.52. The van der Waals surface area contributed by atoms with Gasteiger partial charge in [-0.05, 0) is 127 Å². The van der Waals surface area contributed by atoms with Crippen LogP contribution in [0.5, 0.6) is 0 Å². The number of hydrogen-bond donors (Lipinski definition) is 0. The van der Waals surface area contributed by atoms with Gasteiger partial charge in [0.1, 0.15) is 0 Å². The van der Waals surface area contributed by atoms with Crippen LogP contribution in [0.3, 0.4) is 0 Å². The molecule has 0 spiro atoms. The molecule has 0 aliphatic rings. The molecule has 0 bridgehead atoms. The monoisotopic (exact) mass is 814 g/mol. The molecule has 0 unspecified atom stereocenters. The van der Waals surface area contributed by atoms with E-state index in [0.29, 0.717) is 0 Å². The van der Waals surface area contributed by atoms with E-state index in [1.165, 1.54) is 87.9 Å². The molecule has 0 saturated heterocycles. The minimum absolute atomic E-state index is 1.08. The fourth-order valence-corrected chi connectivity index (χ4v) is 9.80. The second-order valence-electron chi connectivity index (χ2n) is 16.5. The van der Waals surface area contributed by atoms with Gasteiger partial charge < -0.3 is 9.47 Å². The van der Waals surface area contributed by atoms with Crippen molar-refractivity contribution in [3.63, 3.8) is 0 Å². The first-order valence-corrected chi connectivity index (χ1v) is 22.0. The fourth-order valence-electron chi connectivity index (χ4n) is 9.80. The topological polar surface area (TPSA) is 8.17 Å². The standard InChI is InChI=1S/C62H42N2/c1-2-15-45(16-3-1)56-29-12-19-47-20-13-30-57(62(47)56)46-35-39-51(40-36-46)63(52-23-14-24-53(42-52)64-60-31-8-6-26-58(60)59-27-7-9-32-61(59)64)50-37-33-43(34-38-50)48-21-10-22-49(41-48)55-28-11-18-44-17-4-5-25-54(44)55/h1-42H. The Bertz CT molecular complexity index is 3590.